The van der Waals surface area contributed by atoms with Crippen LogP contribution in [0.25, 0.3) is 16.2 Å². The summed E-state index contributed by atoms with van der Waals surface area (Å²) in [5, 5.41) is 6.52. The fraction of sp³-hybridized carbons (Fsp3) is 0.471. The van der Waals surface area contributed by atoms with E-state index in [2.05, 4.69) is 14.9 Å². The van der Waals surface area contributed by atoms with Crippen LogP contribution in [0.1, 0.15) is 18.4 Å². The number of fused-ring (bicyclic) bond motifs is 1. The molecule has 1 aliphatic rings. The third-order valence-corrected chi connectivity index (χ3v) is 7.31. The molecular formula is C17H19F2N5O5S2. The number of imidazole rings is 1. The summed E-state index contributed by atoms with van der Waals surface area (Å²) in [5.74, 6) is 0. The Morgan fingerprint density at radius 1 is 1.32 bits per heavy atom. The summed E-state index contributed by atoms with van der Waals surface area (Å²) in [4.78, 5) is 13.0. The fourth-order valence-electron chi connectivity index (χ4n) is 3.24. The zero-order valence-corrected chi connectivity index (χ0v) is 18.2. The van der Waals surface area contributed by atoms with E-state index >= 15 is 0 Å². The number of alkyl halides is 2. The van der Waals surface area contributed by atoms with Gasteiger partial charge in [-0.3, -0.25) is 4.57 Å². The van der Waals surface area contributed by atoms with Gasteiger partial charge in [-0.2, -0.15) is 0 Å². The second-order valence-electron chi connectivity index (χ2n) is 7.30. The van der Waals surface area contributed by atoms with Gasteiger partial charge in [-0.05, 0) is 25.1 Å². The Hall–Kier alpha value is -2.26. The van der Waals surface area contributed by atoms with Crippen LogP contribution in [-0.4, -0.2) is 60.2 Å². The minimum absolute atomic E-state index is 0.0793. The molecule has 1 fully saturated rings. The molecule has 1 N–H and O–H groups in total. The average molecular weight is 475 g/mol. The highest BCUT2D eigenvalue weighted by Crippen LogP contribution is 2.28. The van der Waals surface area contributed by atoms with Gasteiger partial charge in [0.1, 0.15) is 0 Å². The zero-order valence-electron chi connectivity index (χ0n) is 16.5. The van der Waals surface area contributed by atoms with Gasteiger partial charge in [0.25, 0.3) is 6.43 Å². The van der Waals surface area contributed by atoms with Crippen molar-refractivity contribution in [1.29, 1.82) is 0 Å². The van der Waals surface area contributed by atoms with E-state index in [9.17, 15) is 22.0 Å². The molecule has 0 spiro atoms. The molecule has 0 amide bonds. The third-order valence-electron chi connectivity index (χ3n) is 4.76. The van der Waals surface area contributed by atoms with Crippen molar-refractivity contribution in [3.05, 3.63) is 33.7 Å². The highest BCUT2D eigenvalue weighted by atomic mass is 32.2. The van der Waals surface area contributed by atoms with Crippen molar-refractivity contribution in [2.75, 3.05) is 26.9 Å². The number of nitrogens with one attached hydrogen (secondary N) is 1. The molecule has 0 radical (unpaired) electrons. The summed E-state index contributed by atoms with van der Waals surface area (Å²) in [6.45, 7) is 2.61. The molecule has 0 atom stereocenters. The number of sulfonamides is 1. The first-order valence-electron chi connectivity index (χ1n) is 9.13. The Morgan fingerprint density at radius 3 is 2.65 bits per heavy atom. The molecule has 10 nitrogen and oxygen atoms in total. The molecule has 0 unspecified atom stereocenters. The summed E-state index contributed by atoms with van der Waals surface area (Å²) in [5.41, 5.74) is -0.668. The molecule has 0 aliphatic carbocycles. The summed E-state index contributed by atoms with van der Waals surface area (Å²) >= 11 is 0.561. The van der Waals surface area contributed by atoms with E-state index in [1.165, 1.54) is 29.9 Å². The maximum Gasteiger partial charge on any atom is 0.335 e. The van der Waals surface area contributed by atoms with Gasteiger partial charge in [-0.1, -0.05) is 11.3 Å². The van der Waals surface area contributed by atoms with Gasteiger partial charge in [0, 0.05) is 7.11 Å². The van der Waals surface area contributed by atoms with E-state index in [-0.39, 0.29) is 41.9 Å². The Balaban J connectivity index is 1.87. The van der Waals surface area contributed by atoms with Gasteiger partial charge < -0.3 is 9.47 Å². The van der Waals surface area contributed by atoms with Crippen LogP contribution in [0.3, 0.4) is 0 Å². The fourth-order valence-corrected chi connectivity index (χ4v) is 5.35. The smallest absolute Gasteiger partial charge is 0.335 e. The van der Waals surface area contributed by atoms with Crippen molar-refractivity contribution < 1.29 is 26.7 Å². The molecule has 168 valence electrons. The number of nitrogens with zero attached hydrogens (tertiary/aromatic N) is 4. The van der Waals surface area contributed by atoms with E-state index in [1.807, 2.05) is 0 Å². The van der Waals surface area contributed by atoms with Crippen molar-refractivity contribution in [3.63, 3.8) is 0 Å². The lowest BCUT2D eigenvalue weighted by atomic mass is 10.0. The molecule has 1 aliphatic heterocycles. The van der Waals surface area contributed by atoms with E-state index in [0.29, 0.717) is 16.9 Å². The van der Waals surface area contributed by atoms with Gasteiger partial charge in [0.05, 0.1) is 47.8 Å². The van der Waals surface area contributed by atoms with Crippen LogP contribution in [0.15, 0.2) is 27.9 Å². The van der Waals surface area contributed by atoms with Gasteiger partial charge in [-0.25, -0.2) is 31.3 Å². The zero-order chi connectivity index (χ0) is 22.4. The third kappa shape index (κ3) is 4.01. The van der Waals surface area contributed by atoms with Gasteiger partial charge in [0.15, 0.2) is 5.01 Å². The summed E-state index contributed by atoms with van der Waals surface area (Å²) < 4.78 is 66.9. The Kier molecular flexibility index (Phi) is 5.68. The number of benzene rings is 1. The minimum Gasteiger partial charge on any atom is -0.383 e. The van der Waals surface area contributed by atoms with Crippen LogP contribution in [0.2, 0.25) is 0 Å². The van der Waals surface area contributed by atoms with Crippen molar-refractivity contribution in [2.45, 2.75) is 30.3 Å². The first kappa shape index (κ1) is 22.0. The first-order chi connectivity index (χ1) is 14.6. The lowest BCUT2D eigenvalue weighted by Crippen LogP contribution is -2.59. The van der Waals surface area contributed by atoms with Crippen LogP contribution >= 0.6 is 11.3 Å². The van der Waals surface area contributed by atoms with Crippen LogP contribution in [0.4, 0.5) is 8.78 Å². The highest BCUT2D eigenvalue weighted by Gasteiger charge is 2.38. The topological polar surface area (TPSA) is 117 Å². The van der Waals surface area contributed by atoms with Crippen molar-refractivity contribution in [1.82, 2.24) is 24.1 Å². The van der Waals surface area contributed by atoms with E-state index < -0.39 is 32.7 Å². The molecule has 1 aromatic carbocycles. The Bertz CT molecular complexity index is 1280. The number of hydrogen-bond donors (Lipinski definition) is 1. The van der Waals surface area contributed by atoms with E-state index in [4.69, 9.17) is 9.47 Å². The van der Waals surface area contributed by atoms with Crippen LogP contribution in [-0.2, 0) is 26.0 Å². The summed E-state index contributed by atoms with van der Waals surface area (Å²) in [6.07, 6.45) is -2.84. The molecule has 3 heterocycles. The number of halogens is 2. The lowest BCUT2D eigenvalue weighted by molar-refractivity contribution is -0.0523. The molecule has 14 heteroatoms. The van der Waals surface area contributed by atoms with Gasteiger partial charge in [0.2, 0.25) is 15.2 Å². The SMILES string of the molecule is COCCn1c(=O)n(-c2nnc(C(F)F)s2)c2cc(S(=O)(=O)NC3(C)COC3)ccc21. The van der Waals surface area contributed by atoms with Crippen molar-refractivity contribution in [2.24, 2.45) is 0 Å². The Labute approximate surface area is 179 Å². The number of hydrogen-bond acceptors (Lipinski definition) is 8. The van der Waals surface area contributed by atoms with Crippen LogP contribution in [0.5, 0.6) is 0 Å². The monoisotopic (exact) mass is 475 g/mol. The second kappa shape index (κ2) is 8.02. The Morgan fingerprint density at radius 2 is 2.06 bits per heavy atom. The second-order valence-corrected chi connectivity index (χ2v) is 9.97. The predicted octanol–water partition coefficient (Wildman–Crippen LogP) is 1.29. The van der Waals surface area contributed by atoms with Crippen molar-refractivity contribution >= 4 is 32.4 Å². The maximum atomic E-state index is 13.1. The molecule has 4 rings (SSSR count). The molecular weight excluding hydrogens is 456 g/mol. The van der Waals surface area contributed by atoms with Crippen LogP contribution < -0.4 is 10.4 Å². The number of rotatable bonds is 8. The number of ether oxygens (including phenoxy) is 2. The maximum absolute atomic E-state index is 13.1. The predicted molar refractivity (Wildman–Crippen MR) is 107 cm³/mol. The molecule has 0 bridgehead atoms. The summed E-state index contributed by atoms with van der Waals surface area (Å²) in [7, 11) is -2.45. The largest absolute Gasteiger partial charge is 0.383 e. The number of methoxy groups -OCH3 is 1. The summed E-state index contributed by atoms with van der Waals surface area (Å²) in [6, 6.07) is 4.19. The highest BCUT2D eigenvalue weighted by molar-refractivity contribution is 7.89. The molecule has 1 saturated heterocycles. The van der Waals surface area contributed by atoms with Gasteiger partial charge in [-0.15, -0.1) is 10.2 Å². The lowest BCUT2D eigenvalue weighted by Gasteiger charge is -2.38. The molecule has 0 saturated carbocycles. The van der Waals surface area contributed by atoms with E-state index in [0.717, 1.165) is 4.57 Å². The van der Waals surface area contributed by atoms with Crippen LogP contribution in [0, 0.1) is 0 Å². The first-order valence-corrected chi connectivity index (χ1v) is 11.4. The van der Waals surface area contributed by atoms with Crippen molar-refractivity contribution in [3.8, 4) is 5.13 Å². The number of aromatic nitrogens is 4. The van der Waals surface area contributed by atoms with E-state index in [1.54, 1.807) is 6.92 Å². The standard InChI is InChI=1S/C17H19F2N5O5S2/c1-17(8-29-9-17)22-31(26,27)10-3-4-11-12(7-10)24(16(25)23(11)5-6-28-2)15-21-20-14(30-15)13(18)19/h3-4,7,13,22H,5-6,8-9H2,1-2H3. The minimum atomic E-state index is -3.93. The quantitative estimate of drug-likeness (QED) is 0.522. The molecule has 2 aromatic heterocycles. The molecule has 3 aromatic rings. The normalized spacial score (nSPS) is 16.2. The molecule has 31 heavy (non-hydrogen) atoms. The average Bonchev–Trinajstić information content (AvgIpc) is 3.27. The van der Waals surface area contributed by atoms with Gasteiger partial charge >= 0.3 is 5.69 Å².